The van der Waals surface area contributed by atoms with Gasteiger partial charge in [0.25, 0.3) is 10.0 Å². The molecule has 9 nitrogen and oxygen atoms in total. The third-order valence-electron chi connectivity index (χ3n) is 5.53. The fourth-order valence-electron chi connectivity index (χ4n) is 3.65. The van der Waals surface area contributed by atoms with Crippen LogP contribution in [0, 0.1) is 6.92 Å². The normalized spacial score (nSPS) is 13.5. The summed E-state index contributed by atoms with van der Waals surface area (Å²) in [6, 6.07) is 11.6. The molecular formula is C24H22N2O7S2. The first-order chi connectivity index (χ1) is 16.6. The Morgan fingerprint density at radius 3 is 2.40 bits per heavy atom. The van der Waals surface area contributed by atoms with Gasteiger partial charge in [-0.25, -0.2) is 17.2 Å². The predicted octanol–water partition coefficient (Wildman–Crippen LogP) is 3.30. The number of nitrogens with zero attached hydrogens (tertiary/aromatic N) is 1. The highest BCUT2D eigenvalue weighted by Crippen LogP contribution is 2.35. The number of benzene rings is 2. The molecule has 0 saturated heterocycles. The fourth-order valence-corrected chi connectivity index (χ4v) is 5.67. The predicted molar refractivity (Wildman–Crippen MR) is 131 cm³/mol. The molecule has 2 aromatic heterocycles. The number of hydrogen-bond donors (Lipinski definition) is 3. The van der Waals surface area contributed by atoms with Crippen LogP contribution in [0.15, 0.2) is 70.4 Å². The molecule has 0 radical (unpaired) electrons. The molecule has 182 valence electrons. The maximum Gasteiger partial charge on any atom is 0.335 e. The molecule has 0 saturated carbocycles. The van der Waals surface area contributed by atoms with E-state index in [2.05, 4.69) is 0 Å². The lowest BCUT2D eigenvalue weighted by Crippen LogP contribution is -2.47. The lowest BCUT2D eigenvalue weighted by atomic mass is 10.1. The van der Waals surface area contributed by atoms with E-state index in [4.69, 9.17) is 15.6 Å². The first kappa shape index (κ1) is 24.6. The minimum atomic E-state index is -3.95. The van der Waals surface area contributed by atoms with Gasteiger partial charge in [-0.1, -0.05) is 29.8 Å². The van der Waals surface area contributed by atoms with Crippen molar-refractivity contribution < 1.29 is 33.0 Å². The highest BCUT2D eigenvalue weighted by atomic mass is 32.2. The zero-order chi connectivity index (χ0) is 25.3. The summed E-state index contributed by atoms with van der Waals surface area (Å²) in [7, 11) is -3.95. The fraction of sp³-hybridized carbons (Fsp3) is 0.167. The van der Waals surface area contributed by atoms with Crippen molar-refractivity contribution in [2.45, 2.75) is 30.6 Å². The number of aromatic nitrogens is 1. The number of fused-ring (bicyclic) bond motifs is 1. The van der Waals surface area contributed by atoms with Crippen LogP contribution in [0.3, 0.4) is 0 Å². The Morgan fingerprint density at radius 1 is 1.09 bits per heavy atom. The van der Waals surface area contributed by atoms with Crippen LogP contribution < -0.4 is 5.73 Å². The van der Waals surface area contributed by atoms with E-state index in [1.54, 1.807) is 48.7 Å². The average molecular weight is 515 g/mol. The number of ether oxygens (including phenoxy) is 1. The molecule has 0 amide bonds. The Morgan fingerprint density at radius 2 is 1.80 bits per heavy atom. The Hall–Kier alpha value is -3.51. The number of hydrogen-bond acceptors (Lipinski definition) is 7. The molecule has 0 aliphatic rings. The van der Waals surface area contributed by atoms with Crippen LogP contribution in [0.1, 0.15) is 11.1 Å². The first-order valence-corrected chi connectivity index (χ1v) is 12.8. The molecule has 0 fully saturated rings. The summed E-state index contributed by atoms with van der Waals surface area (Å²) >= 11 is 1.49. The van der Waals surface area contributed by atoms with Crippen molar-refractivity contribution in [1.29, 1.82) is 0 Å². The van der Waals surface area contributed by atoms with Crippen LogP contribution >= 0.6 is 11.3 Å². The first-order valence-electron chi connectivity index (χ1n) is 10.4. The van der Waals surface area contributed by atoms with Gasteiger partial charge in [-0.05, 0) is 53.1 Å². The van der Waals surface area contributed by atoms with E-state index < -0.39 is 34.1 Å². The molecule has 0 aliphatic carbocycles. The highest BCUT2D eigenvalue weighted by molar-refractivity contribution is 7.90. The zero-order valence-corrected chi connectivity index (χ0v) is 20.1. The number of aryl methyl sites for hydroxylation is 1. The molecule has 4 aromatic rings. The van der Waals surface area contributed by atoms with Crippen LogP contribution in [-0.2, 0) is 31.0 Å². The number of carboxylic acids is 2. The number of rotatable bonds is 9. The van der Waals surface area contributed by atoms with Crippen molar-refractivity contribution in [1.82, 2.24) is 3.97 Å². The van der Waals surface area contributed by atoms with Crippen LogP contribution in [0.4, 0.5) is 0 Å². The summed E-state index contributed by atoms with van der Waals surface area (Å²) in [6.07, 6.45) is -0.208. The molecule has 0 aliphatic heterocycles. The van der Waals surface area contributed by atoms with E-state index >= 15 is 0 Å². The Bertz CT molecular complexity index is 1490. The molecule has 2 aromatic carbocycles. The van der Waals surface area contributed by atoms with Crippen molar-refractivity contribution in [2.75, 3.05) is 0 Å². The third kappa shape index (κ3) is 4.84. The molecule has 2 atom stereocenters. The number of thiophene rings is 1. The summed E-state index contributed by atoms with van der Waals surface area (Å²) in [5.74, 6) is -3.02. The second-order valence-electron chi connectivity index (χ2n) is 7.95. The monoisotopic (exact) mass is 514 g/mol. The van der Waals surface area contributed by atoms with Crippen molar-refractivity contribution >= 4 is 44.2 Å². The van der Waals surface area contributed by atoms with Gasteiger partial charge in [-0.15, -0.1) is 0 Å². The lowest BCUT2D eigenvalue weighted by Gasteiger charge is -2.17. The van der Waals surface area contributed by atoms with Crippen LogP contribution in [0.5, 0.6) is 0 Å². The topological polar surface area (TPSA) is 149 Å². The van der Waals surface area contributed by atoms with Crippen LogP contribution in [-0.4, -0.2) is 46.7 Å². The summed E-state index contributed by atoms with van der Waals surface area (Å²) in [5, 5.41) is 22.8. The van der Waals surface area contributed by atoms with Crippen molar-refractivity contribution in [3.05, 3.63) is 76.6 Å². The van der Waals surface area contributed by atoms with Gasteiger partial charge in [0.15, 0.2) is 6.10 Å². The Kier molecular flexibility index (Phi) is 6.77. The second-order valence-corrected chi connectivity index (χ2v) is 10.5. The van der Waals surface area contributed by atoms with Crippen molar-refractivity contribution in [2.24, 2.45) is 5.73 Å². The molecule has 2 heterocycles. The summed E-state index contributed by atoms with van der Waals surface area (Å²) in [6.45, 7) is 1.58. The van der Waals surface area contributed by atoms with Gasteiger partial charge in [0.1, 0.15) is 6.04 Å². The Labute approximate surface area is 205 Å². The van der Waals surface area contributed by atoms with E-state index in [9.17, 15) is 23.1 Å². The van der Waals surface area contributed by atoms with Crippen molar-refractivity contribution in [3.8, 4) is 11.1 Å². The second kappa shape index (κ2) is 9.62. The summed E-state index contributed by atoms with van der Waals surface area (Å²) in [5.41, 5.74) is 8.78. The maximum atomic E-state index is 13.5. The molecular weight excluding hydrogens is 492 g/mol. The van der Waals surface area contributed by atoms with Gasteiger partial charge in [0.05, 0.1) is 17.0 Å². The molecule has 0 unspecified atom stereocenters. The van der Waals surface area contributed by atoms with Gasteiger partial charge < -0.3 is 20.7 Å². The van der Waals surface area contributed by atoms with Crippen LogP contribution in [0.2, 0.25) is 0 Å². The highest BCUT2D eigenvalue weighted by Gasteiger charge is 2.31. The molecule has 0 bridgehead atoms. The SMILES string of the molecule is Cc1ccc(S(=O)(=O)n2cc(-c3ccsc3)c3ccc(CO[C@H](C(=O)O)[C@H](N)C(=O)O)cc32)cc1. The van der Waals surface area contributed by atoms with E-state index in [1.807, 2.05) is 23.8 Å². The van der Waals surface area contributed by atoms with E-state index in [1.165, 1.54) is 15.3 Å². The van der Waals surface area contributed by atoms with E-state index in [0.717, 1.165) is 16.7 Å². The van der Waals surface area contributed by atoms with Gasteiger partial charge in [0, 0.05) is 17.1 Å². The number of aliphatic carboxylic acids is 2. The summed E-state index contributed by atoms with van der Waals surface area (Å²) in [4.78, 5) is 22.7. The molecule has 11 heteroatoms. The summed E-state index contributed by atoms with van der Waals surface area (Å²) < 4.78 is 33.6. The smallest absolute Gasteiger partial charge is 0.335 e. The molecule has 4 N–H and O–H groups in total. The van der Waals surface area contributed by atoms with Gasteiger partial charge in [-0.2, -0.15) is 11.3 Å². The van der Waals surface area contributed by atoms with Crippen LogP contribution in [0.25, 0.3) is 22.0 Å². The Balaban J connectivity index is 1.79. The molecule has 0 spiro atoms. The van der Waals surface area contributed by atoms with Gasteiger partial charge in [0.2, 0.25) is 0 Å². The number of nitrogens with two attached hydrogens (primary N) is 1. The minimum Gasteiger partial charge on any atom is -0.480 e. The average Bonchev–Trinajstić information content (AvgIpc) is 3.47. The van der Waals surface area contributed by atoms with E-state index in [-0.39, 0.29) is 11.5 Å². The van der Waals surface area contributed by atoms with E-state index in [0.29, 0.717) is 16.5 Å². The maximum absolute atomic E-state index is 13.5. The zero-order valence-electron chi connectivity index (χ0n) is 18.5. The quantitative estimate of drug-likeness (QED) is 0.308. The largest absolute Gasteiger partial charge is 0.480 e. The third-order valence-corrected chi connectivity index (χ3v) is 7.90. The van der Waals surface area contributed by atoms with Gasteiger partial charge in [-0.3, -0.25) is 4.79 Å². The molecule has 4 rings (SSSR count). The molecule has 35 heavy (non-hydrogen) atoms. The van der Waals surface area contributed by atoms with Gasteiger partial charge >= 0.3 is 11.9 Å². The number of carboxylic acid groups (broad SMARTS) is 2. The minimum absolute atomic E-state index is 0.122. The van der Waals surface area contributed by atoms with Crippen molar-refractivity contribution in [3.63, 3.8) is 0 Å². The standard InChI is InChI=1S/C24H22N2O7S2/c1-14-2-5-17(6-3-14)35(31,32)26-11-19(16-8-9-34-13-16)18-7-4-15(10-20(18)26)12-33-22(24(29)30)21(25)23(27)28/h2-11,13,21-22H,12,25H2,1H3,(H,27,28)(H,29,30)/t21-,22-/m0/s1. The lowest BCUT2D eigenvalue weighted by molar-refractivity contribution is -0.159. The number of carbonyl (C=O) groups is 2.